The molecule has 0 aliphatic heterocycles. The van der Waals surface area contributed by atoms with Crippen LogP contribution in [0.5, 0.6) is 11.5 Å². The zero-order chi connectivity index (χ0) is 17.1. The highest BCUT2D eigenvalue weighted by Crippen LogP contribution is 2.36. The second-order valence-electron chi connectivity index (χ2n) is 5.46. The van der Waals surface area contributed by atoms with Crippen LogP contribution in [0.3, 0.4) is 0 Å². The van der Waals surface area contributed by atoms with E-state index in [0.717, 1.165) is 67.1 Å². The van der Waals surface area contributed by atoms with Gasteiger partial charge in [0.15, 0.2) is 11.5 Å². The lowest BCUT2D eigenvalue weighted by Crippen LogP contribution is -2.27. The molecule has 4 nitrogen and oxygen atoms in total. The van der Waals surface area contributed by atoms with Crippen LogP contribution in [-0.2, 0) is 6.54 Å². The lowest BCUT2D eigenvalue weighted by molar-refractivity contribution is 0.288. The number of hydrogen-bond acceptors (Lipinski definition) is 4. The van der Waals surface area contributed by atoms with Crippen LogP contribution in [0.1, 0.15) is 39.2 Å². The van der Waals surface area contributed by atoms with Gasteiger partial charge >= 0.3 is 0 Å². The van der Waals surface area contributed by atoms with E-state index in [1.807, 2.05) is 12.1 Å². The summed E-state index contributed by atoms with van der Waals surface area (Å²) in [5.74, 6) is 1.64. The summed E-state index contributed by atoms with van der Waals surface area (Å²) in [5, 5.41) is 3.52. The third-order valence-electron chi connectivity index (χ3n) is 3.86. The molecule has 1 N–H and O–H groups in total. The molecular formula is C18H31BrN2O2. The Kier molecular flexibility index (Phi) is 10.3. The van der Waals surface area contributed by atoms with Gasteiger partial charge in [-0.3, -0.25) is 0 Å². The van der Waals surface area contributed by atoms with Gasteiger partial charge in [-0.25, -0.2) is 0 Å². The van der Waals surface area contributed by atoms with Gasteiger partial charge in [-0.05, 0) is 51.2 Å². The molecule has 0 atom stereocenters. The molecule has 1 aromatic carbocycles. The first kappa shape index (κ1) is 20.3. The summed E-state index contributed by atoms with van der Waals surface area (Å²) < 4.78 is 12.4. The van der Waals surface area contributed by atoms with Crippen molar-refractivity contribution in [3.05, 3.63) is 22.2 Å². The lowest BCUT2D eigenvalue weighted by Gasteiger charge is -2.19. The summed E-state index contributed by atoms with van der Waals surface area (Å²) in [5.41, 5.74) is 1.13. The van der Waals surface area contributed by atoms with Gasteiger partial charge in [0, 0.05) is 16.6 Å². The Balaban J connectivity index is 2.60. The zero-order valence-corrected chi connectivity index (χ0v) is 16.5. The van der Waals surface area contributed by atoms with Crippen molar-refractivity contribution in [2.24, 2.45) is 0 Å². The van der Waals surface area contributed by atoms with Crippen molar-refractivity contribution in [1.82, 2.24) is 10.2 Å². The summed E-state index contributed by atoms with van der Waals surface area (Å²) in [6, 6.07) is 3.96. The van der Waals surface area contributed by atoms with Crippen LogP contribution in [0, 0.1) is 0 Å². The molecule has 0 amide bonds. The molecule has 0 heterocycles. The van der Waals surface area contributed by atoms with Crippen molar-refractivity contribution in [2.45, 2.75) is 40.2 Å². The Bertz CT molecular complexity index is 451. The summed E-state index contributed by atoms with van der Waals surface area (Å²) in [6.07, 6.45) is 2.13. The van der Waals surface area contributed by atoms with E-state index >= 15 is 0 Å². The van der Waals surface area contributed by atoms with Crippen molar-refractivity contribution >= 4 is 15.9 Å². The van der Waals surface area contributed by atoms with E-state index in [0.29, 0.717) is 6.61 Å². The Hall–Kier alpha value is -0.780. The highest BCUT2D eigenvalue weighted by Gasteiger charge is 2.14. The fraction of sp³-hybridized carbons (Fsp3) is 0.667. The first-order valence-corrected chi connectivity index (χ1v) is 9.38. The molecule has 0 spiro atoms. The number of nitrogens with one attached hydrogen (secondary N) is 1. The minimum Gasteiger partial charge on any atom is -0.493 e. The normalized spacial score (nSPS) is 11.0. The van der Waals surface area contributed by atoms with E-state index in [1.54, 1.807) is 7.11 Å². The van der Waals surface area contributed by atoms with Crippen LogP contribution in [0.4, 0.5) is 0 Å². The predicted octanol–water partition coefficient (Wildman–Crippen LogP) is 4.07. The van der Waals surface area contributed by atoms with Crippen molar-refractivity contribution in [3.8, 4) is 11.5 Å². The average Bonchev–Trinajstić information content (AvgIpc) is 2.57. The number of nitrogens with zero attached hydrogens (tertiary/aromatic N) is 1. The number of halogens is 1. The molecule has 0 saturated heterocycles. The molecule has 0 saturated carbocycles. The smallest absolute Gasteiger partial charge is 0.166 e. The fourth-order valence-corrected chi connectivity index (χ4v) is 2.90. The van der Waals surface area contributed by atoms with Crippen molar-refractivity contribution in [1.29, 1.82) is 0 Å². The predicted molar refractivity (Wildman–Crippen MR) is 101 cm³/mol. The molecule has 132 valence electrons. The van der Waals surface area contributed by atoms with Gasteiger partial charge in [0.25, 0.3) is 0 Å². The second-order valence-corrected chi connectivity index (χ2v) is 6.32. The standard InChI is InChI=1S/C18H31BrN2O2/c1-5-13-23-18-15(16(19)9-10-17(18)22-4)14-20-11-8-12-21(6-2)7-3/h9-10,20H,5-8,11-14H2,1-4H3. The highest BCUT2D eigenvalue weighted by atomic mass is 79.9. The quantitative estimate of drug-likeness (QED) is 0.549. The Morgan fingerprint density at radius 2 is 1.91 bits per heavy atom. The second kappa shape index (κ2) is 11.7. The van der Waals surface area contributed by atoms with Crippen molar-refractivity contribution in [2.75, 3.05) is 39.9 Å². The maximum Gasteiger partial charge on any atom is 0.166 e. The third kappa shape index (κ3) is 6.69. The molecule has 0 aromatic heterocycles. The molecule has 0 aliphatic carbocycles. The minimum absolute atomic E-state index is 0.696. The van der Waals surface area contributed by atoms with Gasteiger partial charge in [-0.2, -0.15) is 0 Å². The molecular weight excluding hydrogens is 356 g/mol. The molecule has 1 rings (SSSR count). The van der Waals surface area contributed by atoms with E-state index in [2.05, 4.69) is 46.9 Å². The maximum atomic E-state index is 5.92. The largest absolute Gasteiger partial charge is 0.493 e. The fourth-order valence-electron chi connectivity index (χ4n) is 2.45. The Labute approximate surface area is 149 Å². The van der Waals surface area contributed by atoms with Gasteiger partial charge in [0.2, 0.25) is 0 Å². The monoisotopic (exact) mass is 386 g/mol. The van der Waals surface area contributed by atoms with E-state index < -0.39 is 0 Å². The molecule has 0 unspecified atom stereocenters. The number of methoxy groups -OCH3 is 1. The van der Waals surface area contributed by atoms with Crippen LogP contribution in [0.2, 0.25) is 0 Å². The van der Waals surface area contributed by atoms with Gasteiger partial charge < -0.3 is 19.7 Å². The first-order chi connectivity index (χ1) is 11.2. The van der Waals surface area contributed by atoms with E-state index in [4.69, 9.17) is 9.47 Å². The van der Waals surface area contributed by atoms with E-state index in [9.17, 15) is 0 Å². The van der Waals surface area contributed by atoms with Crippen LogP contribution in [0.25, 0.3) is 0 Å². The highest BCUT2D eigenvalue weighted by molar-refractivity contribution is 9.10. The van der Waals surface area contributed by atoms with Gasteiger partial charge in [-0.15, -0.1) is 0 Å². The molecule has 1 aromatic rings. The Morgan fingerprint density at radius 3 is 2.52 bits per heavy atom. The SMILES string of the molecule is CCCOc1c(OC)ccc(Br)c1CNCCCN(CC)CC. The number of ether oxygens (including phenoxy) is 2. The van der Waals surface area contributed by atoms with Crippen LogP contribution >= 0.6 is 15.9 Å². The van der Waals surface area contributed by atoms with E-state index in [1.165, 1.54) is 0 Å². The molecule has 0 aliphatic rings. The van der Waals surface area contributed by atoms with Gasteiger partial charge in [0.05, 0.1) is 13.7 Å². The molecule has 23 heavy (non-hydrogen) atoms. The van der Waals surface area contributed by atoms with Crippen LogP contribution in [0.15, 0.2) is 16.6 Å². The van der Waals surface area contributed by atoms with Gasteiger partial charge in [-0.1, -0.05) is 36.7 Å². The summed E-state index contributed by atoms with van der Waals surface area (Å²) in [4.78, 5) is 2.44. The topological polar surface area (TPSA) is 33.7 Å². The van der Waals surface area contributed by atoms with Crippen LogP contribution in [-0.4, -0.2) is 44.8 Å². The van der Waals surface area contributed by atoms with E-state index in [-0.39, 0.29) is 0 Å². The number of hydrogen-bond donors (Lipinski definition) is 1. The first-order valence-electron chi connectivity index (χ1n) is 8.59. The minimum atomic E-state index is 0.696. The number of rotatable bonds is 12. The van der Waals surface area contributed by atoms with Crippen molar-refractivity contribution in [3.63, 3.8) is 0 Å². The molecule has 0 fully saturated rings. The summed E-state index contributed by atoms with van der Waals surface area (Å²) in [6.45, 7) is 12.4. The van der Waals surface area contributed by atoms with Crippen LogP contribution < -0.4 is 14.8 Å². The molecule has 0 bridgehead atoms. The zero-order valence-electron chi connectivity index (χ0n) is 15.0. The summed E-state index contributed by atoms with van der Waals surface area (Å²) >= 11 is 3.63. The Morgan fingerprint density at radius 1 is 1.17 bits per heavy atom. The maximum absolute atomic E-state index is 5.92. The molecule has 0 radical (unpaired) electrons. The number of benzene rings is 1. The average molecular weight is 387 g/mol. The van der Waals surface area contributed by atoms with Crippen molar-refractivity contribution < 1.29 is 9.47 Å². The lowest BCUT2D eigenvalue weighted by atomic mass is 10.1. The third-order valence-corrected chi connectivity index (χ3v) is 4.60. The summed E-state index contributed by atoms with van der Waals surface area (Å²) in [7, 11) is 1.68. The van der Waals surface area contributed by atoms with Gasteiger partial charge in [0.1, 0.15) is 0 Å². The molecule has 5 heteroatoms.